The minimum Gasteiger partial charge on any atom is -0.493 e. The van der Waals surface area contributed by atoms with Gasteiger partial charge < -0.3 is 15.2 Å². The average Bonchev–Trinajstić information content (AvgIpc) is 2.46. The fraction of sp³-hybridized carbons (Fsp3) is 0.133. The van der Waals surface area contributed by atoms with E-state index in [1.165, 1.54) is 0 Å². The minimum atomic E-state index is -0.0712. The zero-order valence-corrected chi connectivity index (χ0v) is 13.0. The lowest BCUT2D eigenvalue weighted by atomic mass is 10.1. The van der Waals surface area contributed by atoms with Crippen molar-refractivity contribution in [1.82, 2.24) is 0 Å². The highest BCUT2D eigenvalue weighted by atomic mass is 35.5. The van der Waals surface area contributed by atoms with E-state index in [1.807, 2.05) is 18.2 Å². The summed E-state index contributed by atoms with van der Waals surface area (Å²) in [5, 5.41) is 8.22. The maximum absolute atomic E-state index is 7.59. The Morgan fingerprint density at radius 2 is 1.90 bits per heavy atom. The summed E-state index contributed by atoms with van der Waals surface area (Å²) in [7, 11) is 1.54. The zero-order valence-electron chi connectivity index (χ0n) is 11.4. The van der Waals surface area contributed by atoms with E-state index < -0.39 is 0 Å². The van der Waals surface area contributed by atoms with Gasteiger partial charge in [0.1, 0.15) is 12.4 Å². The number of amidine groups is 1. The van der Waals surface area contributed by atoms with Crippen molar-refractivity contribution >= 4 is 29.8 Å². The second-order valence-corrected chi connectivity index (χ2v) is 4.54. The molecular weight excluding hydrogens is 311 g/mol. The third kappa shape index (κ3) is 4.03. The third-order valence-electron chi connectivity index (χ3n) is 2.82. The molecule has 2 rings (SSSR count). The predicted octanol–water partition coefficient (Wildman–Crippen LogP) is 3.63. The van der Waals surface area contributed by atoms with Crippen LogP contribution in [0.5, 0.6) is 11.5 Å². The van der Waals surface area contributed by atoms with Crippen LogP contribution in [0, 0.1) is 5.41 Å². The van der Waals surface area contributed by atoms with E-state index in [0.717, 1.165) is 5.56 Å². The Balaban J connectivity index is 0.00000220. The van der Waals surface area contributed by atoms with E-state index in [1.54, 1.807) is 31.4 Å². The maximum atomic E-state index is 7.59. The van der Waals surface area contributed by atoms with E-state index in [-0.39, 0.29) is 24.8 Å². The fourth-order valence-corrected chi connectivity index (χ4v) is 1.99. The van der Waals surface area contributed by atoms with Gasteiger partial charge in [0, 0.05) is 10.6 Å². The molecule has 0 atom stereocenters. The van der Waals surface area contributed by atoms with E-state index in [4.69, 9.17) is 32.2 Å². The van der Waals surface area contributed by atoms with Crippen molar-refractivity contribution in [3.63, 3.8) is 0 Å². The molecule has 0 amide bonds. The molecule has 112 valence electrons. The molecule has 0 unspecified atom stereocenters. The van der Waals surface area contributed by atoms with Gasteiger partial charge in [0.25, 0.3) is 0 Å². The lowest BCUT2D eigenvalue weighted by Gasteiger charge is -2.14. The van der Waals surface area contributed by atoms with Gasteiger partial charge in [0.15, 0.2) is 11.5 Å². The Bertz CT molecular complexity index is 633. The first kappa shape index (κ1) is 17.1. The van der Waals surface area contributed by atoms with Crippen LogP contribution >= 0.6 is 24.0 Å². The summed E-state index contributed by atoms with van der Waals surface area (Å²) < 4.78 is 11.0. The summed E-state index contributed by atoms with van der Waals surface area (Å²) in [6.07, 6.45) is 0. The van der Waals surface area contributed by atoms with E-state index in [9.17, 15) is 0 Å². The number of methoxy groups -OCH3 is 1. The molecule has 0 heterocycles. The SMILES string of the molecule is COc1cccc(C(=N)N)c1OCc1ccccc1Cl.Cl. The molecule has 21 heavy (non-hydrogen) atoms. The predicted molar refractivity (Wildman–Crippen MR) is 87.0 cm³/mol. The summed E-state index contributed by atoms with van der Waals surface area (Å²) in [6.45, 7) is 0.278. The van der Waals surface area contributed by atoms with Gasteiger partial charge in [-0.3, -0.25) is 5.41 Å². The molecule has 0 aliphatic carbocycles. The molecule has 0 saturated carbocycles. The zero-order chi connectivity index (χ0) is 14.5. The standard InChI is InChI=1S/C15H15ClN2O2.ClH/c1-19-13-8-4-6-11(15(17)18)14(13)20-9-10-5-2-3-7-12(10)16;/h2-8H,9H2,1H3,(H3,17,18);1H. The number of ether oxygens (including phenoxy) is 2. The molecule has 0 aliphatic heterocycles. The summed E-state index contributed by atoms with van der Waals surface area (Å²) in [5.41, 5.74) is 6.91. The van der Waals surface area contributed by atoms with Crippen LogP contribution in [0.2, 0.25) is 5.02 Å². The topological polar surface area (TPSA) is 68.3 Å². The number of para-hydroxylation sites is 1. The van der Waals surface area contributed by atoms with Gasteiger partial charge in [-0.15, -0.1) is 12.4 Å². The molecule has 2 aromatic carbocycles. The monoisotopic (exact) mass is 326 g/mol. The van der Waals surface area contributed by atoms with Crippen molar-refractivity contribution in [2.45, 2.75) is 6.61 Å². The molecule has 0 fully saturated rings. The van der Waals surface area contributed by atoms with Crippen molar-refractivity contribution in [3.8, 4) is 11.5 Å². The molecule has 2 aromatic rings. The van der Waals surface area contributed by atoms with Gasteiger partial charge in [-0.1, -0.05) is 35.9 Å². The Kier molecular flexibility index (Phi) is 6.34. The molecule has 4 nitrogen and oxygen atoms in total. The van der Waals surface area contributed by atoms with Crippen molar-refractivity contribution in [1.29, 1.82) is 5.41 Å². The van der Waals surface area contributed by atoms with Crippen LogP contribution < -0.4 is 15.2 Å². The highest BCUT2D eigenvalue weighted by Gasteiger charge is 2.13. The number of rotatable bonds is 5. The quantitative estimate of drug-likeness (QED) is 0.651. The smallest absolute Gasteiger partial charge is 0.172 e. The highest BCUT2D eigenvalue weighted by molar-refractivity contribution is 6.31. The van der Waals surface area contributed by atoms with Crippen molar-refractivity contribution in [3.05, 3.63) is 58.6 Å². The fourth-order valence-electron chi connectivity index (χ4n) is 1.80. The van der Waals surface area contributed by atoms with E-state index >= 15 is 0 Å². The summed E-state index contributed by atoms with van der Waals surface area (Å²) in [6, 6.07) is 12.7. The van der Waals surface area contributed by atoms with E-state index in [2.05, 4.69) is 0 Å². The normalized spacial score (nSPS) is 9.62. The molecule has 0 aromatic heterocycles. The molecule has 6 heteroatoms. The Labute approximate surface area is 134 Å². The Morgan fingerprint density at radius 1 is 1.19 bits per heavy atom. The molecule has 3 N–H and O–H groups in total. The van der Waals surface area contributed by atoms with Gasteiger partial charge in [-0.2, -0.15) is 0 Å². The maximum Gasteiger partial charge on any atom is 0.172 e. The molecule has 0 bridgehead atoms. The van der Waals surface area contributed by atoms with Gasteiger partial charge in [0.2, 0.25) is 0 Å². The van der Waals surface area contributed by atoms with Crippen LogP contribution in [-0.2, 0) is 6.61 Å². The van der Waals surface area contributed by atoms with Crippen LogP contribution in [0.4, 0.5) is 0 Å². The first-order chi connectivity index (χ1) is 9.63. The first-order valence-corrected chi connectivity index (χ1v) is 6.39. The molecular formula is C15H16Cl2N2O2. The number of halogens is 2. The third-order valence-corrected chi connectivity index (χ3v) is 3.19. The Morgan fingerprint density at radius 3 is 2.52 bits per heavy atom. The summed E-state index contributed by atoms with van der Waals surface area (Å²) in [5.74, 6) is 0.908. The van der Waals surface area contributed by atoms with Crippen molar-refractivity contribution < 1.29 is 9.47 Å². The summed E-state index contributed by atoms with van der Waals surface area (Å²) >= 11 is 6.09. The van der Waals surface area contributed by atoms with E-state index in [0.29, 0.717) is 22.1 Å². The average molecular weight is 327 g/mol. The van der Waals surface area contributed by atoms with Gasteiger partial charge in [-0.05, 0) is 18.2 Å². The molecule has 0 aliphatic rings. The Hall–Kier alpha value is -1.91. The lowest BCUT2D eigenvalue weighted by molar-refractivity contribution is 0.284. The van der Waals surface area contributed by atoms with Crippen LogP contribution in [0.3, 0.4) is 0 Å². The highest BCUT2D eigenvalue weighted by Crippen LogP contribution is 2.32. The number of nitrogen functional groups attached to an aromatic ring is 1. The van der Waals surface area contributed by atoms with Gasteiger partial charge in [0.05, 0.1) is 12.7 Å². The largest absolute Gasteiger partial charge is 0.493 e. The summed E-state index contributed by atoms with van der Waals surface area (Å²) in [4.78, 5) is 0. The van der Waals surface area contributed by atoms with Crippen LogP contribution in [0.15, 0.2) is 42.5 Å². The number of nitrogens with two attached hydrogens (primary N) is 1. The van der Waals surface area contributed by atoms with Crippen molar-refractivity contribution in [2.75, 3.05) is 7.11 Å². The van der Waals surface area contributed by atoms with Crippen LogP contribution in [0.25, 0.3) is 0 Å². The second-order valence-electron chi connectivity index (χ2n) is 4.13. The van der Waals surface area contributed by atoms with Crippen LogP contribution in [-0.4, -0.2) is 12.9 Å². The van der Waals surface area contributed by atoms with Crippen LogP contribution in [0.1, 0.15) is 11.1 Å². The lowest BCUT2D eigenvalue weighted by Crippen LogP contribution is -2.13. The number of hydrogen-bond donors (Lipinski definition) is 2. The van der Waals surface area contributed by atoms with Crippen molar-refractivity contribution in [2.24, 2.45) is 5.73 Å². The minimum absolute atomic E-state index is 0. The number of benzene rings is 2. The molecule has 0 spiro atoms. The number of nitrogens with one attached hydrogen (secondary N) is 1. The molecule has 0 radical (unpaired) electrons. The first-order valence-electron chi connectivity index (χ1n) is 6.01. The van der Waals surface area contributed by atoms with Gasteiger partial charge >= 0.3 is 0 Å². The second kappa shape index (κ2) is 7.76. The van der Waals surface area contributed by atoms with Gasteiger partial charge in [-0.25, -0.2) is 0 Å². The number of hydrogen-bond acceptors (Lipinski definition) is 3. The molecule has 0 saturated heterocycles.